The van der Waals surface area contributed by atoms with E-state index in [-0.39, 0.29) is 11.6 Å². The van der Waals surface area contributed by atoms with Crippen LogP contribution in [-0.2, 0) is 0 Å². The molecule has 7 nitrogen and oxygen atoms in total. The number of aromatic nitrogens is 4. The van der Waals surface area contributed by atoms with E-state index >= 15 is 0 Å². The Hall–Kier alpha value is -4.95. The second-order valence-electron chi connectivity index (χ2n) is 9.26. The summed E-state index contributed by atoms with van der Waals surface area (Å²) in [6.45, 7) is 0. The molecule has 0 N–H and O–H groups in total. The van der Waals surface area contributed by atoms with Gasteiger partial charge in [0, 0.05) is 24.4 Å². The zero-order chi connectivity index (χ0) is 26.2. The molecule has 0 saturated carbocycles. The summed E-state index contributed by atoms with van der Waals surface area (Å²) in [5.74, 6) is 0.519. The molecule has 4 heterocycles. The summed E-state index contributed by atoms with van der Waals surface area (Å²) in [5, 5.41) is 11.6. The van der Waals surface area contributed by atoms with Gasteiger partial charge in [0.25, 0.3) is 5.56 Å². The SMILES string of the molecule is O=c1/c(=C/c2ccc(N3N=C(c4ccccc4)CC3c3ccccc3)cc2)sc2nc(-c3ccncc3)nn12. The predicted octanol–water partition coefficient (Wildman–Crippen LogP) is 5.12. The molecule has 6 aromatic rings. The molecule has 0 amide bonds. The van der Waals surface area contributed by atoms with Crippen LogP contribution in [0.3, 0.4) is 0 Å². The van der Waals surface area contributed by atoms with Gasteiger partial charge in [0.15, 0.2) is 5.82 Å². The van der Waals surface area contributed by atoms with E-state index in [0.29, 0.717) is 15.3 Å². The highest BCUT2D eigenvalue weighted by molar-refractivity contribution is 7.15. The minimum Gasteiger partial charge on any atom is -0.266 e. The van der Waals surface area contributed by atoms with Crippen LogP contribution < -0.4 is 15.1 Å². The number of anilines is 1. The van der Waals surface area contributed by atoms with Crippen LogP contribution in [0.1, 0.15) is 29.2 Å². The molecule has 0 saturated heterocycles. The lowest BCUT2D eigenvalue weighted by Gasteiger charge is -2.24. The summed E-state index contributed by atoms with van der Waals surface area (Å²) in [6, 6.07) is 32.7. The molecule has 0 spiro atoms. The molecule has 39 heavy (non-hydrogen) atoms. The minimum absolute atomic E-state index is 0.107. The lowest BCUT2D eigenvalue weighted by molar-refractivity contribution is 0.709. The van der Waals surface area contributed by atoms with Crippen LogP contribution in [0.2, 0.25) is 0 Å². The van der Waals surface area contributed by atoms with Gasteiger partial charge < -0.3 is 0 Å². The first kappa shape index (κ1) is 23.2. The molecular weight excluding hydrogens is 504 g/mol. The van der Waals surface area contributed by atoms with Crippen molar-refractivity contribution in [3.8, 4) is 11.4 Å². The van der Waals surface area contributed by atoms with Gasteiger partial charge in [0.2, 0.25) is 4.96 Å². The predicted molar refractivity (Wildman–Crippen MR) is 155 cm³/mol. The highest BCUT2D eigenvalue weighted by atomic mass is 32.1. The molecule has 3 aromatic carbocycles. The van der Waals surface area contributed by atoms with Crippen LogP contribution in [0.15, 0.2) is 119 Å². The number of hydrazone groups is 1. The number of nitrogens with zero attached hydrogens (tertiary/aromatic N) is 6. The smallest absolute Gasteiger partial charge is 0.266 e. The fourth-order valence-corrected chi connectivity index (χ4v) is 5.73. The van der Waals surface area contributed by atoms with Crippen molar-refractivity contribution >= 4 is 33.8 Å². The third-order valence-electron chi connectivity index (χ3n) is 6.78. The third-order valence-corrected chi connectivity index (χ3v) is 7.74. The largest absolute Gasteiger partial charge is 0.291 e. The Morgan fingerprint density at radius 2 is 1.54 bits per heavy atom. The fourth-order valence-electron chi connectivity index (χ4n) is 4.82. The summed E-state index contributed by atoms with van der Waals surface area (Å²) in [5.41, 5.74) is 6.01. The van der Waals surface area contributed by atoms with Crippen molar-refractivity contribution in [3.05, 3.63) is 141 Å². The average molecular weight is 527 g/mol. The maximum Gasteiger partial charge on any atom is 0.291 e. The molecule has 1 unspecified atom stereocenters. The molecule has 1 atom stereocenters. The molecule has 8 heteroatoms. The number of hydrogen-bond donors (Lipinski definition) is 0. The van der Waals surface area contributed by atoms with Gasteiger partial charge in [-0.25, -0.2) is 0 Å². The monoisotopic (exact) mass is 526 g/mol. The zero-order valence-corrected chi connectivity index (χ0v) is 21.6. The molecule has 7 rings (SSSR count). The van der Waals surface area contributed by atoms with Crippen molar-refractivity contribution < 1.29 is 0 Å². The normalized spacial score (nSPS) is 15.7. The summed E-state index contributed by atoms with van der Waals surface area (Å²) >= 11 is 1.33. The summed E-state index contributed by atoms with van der Waals surface area (Å²) in [4.78, 5) is 22.2. The standard InChI is InChI=1S/C31H22N6OS/c38-30-28(39-31-33-29(35-37(30)31)24-15-17-32-18-16-24)19-21-11-13-25(14-12-21)36-27(23-9-5-2-6-10-23)20-26(34-36)22-7-3-1-4-8-22/h1-19,27H,20H2/b28-19-. The van der Waals surface area contributed by atoms with Crippen LogP contribution >= 0.6 is 11.3 Å². The topological polar surface area (TPSA) is 75.8 Å². The number of fused-ring (bicyclic) bond motifs is 1. The lowest BCUT2D eigenvalue weighted by atomic mass is 9.98. The Labute approximate surface area is 228 Å². The van der Waals surface area contributed by atoms with Crippen molar-refractivity contribution in [2.75, 3.05) is 5.01 Å². The van der Waals surface area contributed by atoms with E-state index in [0.717, 1.165) is 34.5 Å². The van der Waals surface area contributed by atoms with Crippen molar-refractivity contribution in [2.45, 2.75) is 12.5 Å². The first-order chi connectivity index (χ1) is 19.2. The van der Waals surface area contributed by atoms with E-state index in [4.69, 9.17) is 5.10 Å². The number of rotatable bonds is 5. The van der Waals surface area contributed by atoms with Crippen LogP contribution in [0, 0.1) is 0 Å². The van der Waals surface area contributed by atoms with Crippen LogP contribution in [0.4, 0.5) is 5.69 Å². The lowest BCUT2D eigenvalue weighted by Crippen LogP contribution is -2.23. The number of pyridine rings is 1. The Balaban J connectivity index is 1.20. The fraction of sp³-hybridized carbons (Fsp3) is 0.0645. The van der Waals surface area contributed by atoms with Crippen molar-refractivity contribution in [2.24, 2.45) is 5.10 Å². The van der Waals surface area contributed by atoms with E-state index in [1.54, 1.807) is 12.4 Å². The van der Waals surface area contributed by atoms with E-state index < -0.39 is 0 Å². The Kier molecular flexibility index (Phi) is 5.79. The molecule has 0 bridgehead atoms. The van der Waals surface area contributed by atoms with E-state index in [2.05, 4.69) is 68.6 Å². The van der Waals surface area contributed by atoms with E-state index in [1.165, 1.54) is 21.4 Å². The highest BCUT2D eigenvalue weighted by Gasteiger charge is 2.29. The quantitative estimate of drug-likeness (QED) is 0.312. The van der Waals surface area contributed by atoms with Crippen LogP contribution in [-0.4, -0.2) is 25.3 Å². The molecule has 1 aliphatic rings. The van der Waals surface area contributed by atoms with Gasteiger partial charge in [-0.2, -0.15) is 14.6 Å². The van der Waals surface area contributed by atoms with Gasteiger partial charge in [-0.15, -0.1) is 5.10 Å². The van der Waals surface area contributed by atoms with Gasteiger partial charge >= 0.3 is 0 Å². The molecule has 0 radical (unpaired) electrons. The van der Waals surface area contributed by atoms with Gasteiger partial charge in [-0.1, -0.05) is 84.1 Å². The molecular formula is C31H22N6OS. The zero-order valence-electron chi connectivity index (χ0n) is 20.8. The van der Waals surface area contributed by atoms with Crippen molar-refractivity contribution in [3.63, 3.8) is 0 Å². The third kappa shape index (κ3) is 4.41. The molecule has 0 fully saturated rings. The minimum atomic E-state index is -0.173. The Morgan fingerprint density at radius 1 is 0.821 bits per heavy atom. The molecule has 0 aliphatic carbocycles. The highest BCUT2D eigenvalue weighted by Crippen LogP contribution is 2.36. The number of hydrogen-bond acceptors (Lipinski definition) is 7. The summed E-state index contributed by atoms with van der Waals surface area (Å²) < 4.78 is 1.96. The van der Waals surface area contributed by atoms with Crippen molar-refractivity contribution in [1.82, 2.24) is 19.6 Å². The second kappa shape index (κ2) is 9.74. The molecule has 1 aliphatic heterocycles. The van der Waals surface area contributed by atoms with Gasteiger partial charge in [0.05, 0.1) is 22.0 Å². The van der Waals surface area contributed by atoms with E-state index in [9.17, 15) is 4.79 Å². The van der Waals surface area contributed by atoms with Gasteiger partial charge in [-0.05, 0) is 47.0 Å². The van der Waals surface area contributed by atoms with Gasteiger partial charge in [-0.3, -0.25) is 14.8 Å². The van der Waals surface area contributed by atoms with Crippen molar-refractivity contribution in [1.29, 1.82) is 0 Å². The summed E-state index contributed by atoms with van der Waals surface area (Å²) in [7, 11) is 0. The van der Waals surface area contributed by atoms with Gasteiger partial charge in [0.1, 0.15) is 0 Å². The van der Waals surface area contributed by atoms with Crippen LogP contribution in [0.5, 0.6) is 0 Å². The average Bonchev–Trinajstić information content (AvgIpc) is 3.70. The Morgan fingerprint density at radius 3 is 2.26 bits per heavy atom. The van der Waals surface area contributed by atoms with E-state index in [1.807, 2.05) is 54.6 Å². The maximum atomic E-state index is 13.0. The number of thiazole rings is 1. The second-order valence-corrected chi connectivity index (χ2v) is 10.3. The molecule has 3 aromatic heterocycles. The first-order valence-corrected chi connectivity index (χ1v) is 13.4. The Bertz CT molecular complexity index is 1900. The number of benzene rings is 3. The maximum absolute atomic E-state index is 13.0. The first-order valence-electron chi connectivity index (χ1n) is 12.6. The summed E-state index contributed by atoms with van der Waals surface area (Å²) in [6.07, 6.45) is 6.08. The van der Waals surface area contributed by atoms with Crippen LogP contribution in [0.25, 0.3) is 22.4 Å². The molecule has 188 valence electrons.